The minimum atomic E-state index is -1.63. The molecule has 0 unspecified atom stereocenters. The third-order valence-electron chi connectivity index (χ3n) is 2.79. The summed E-state index contributed by atoms with van der Waals surface area (Å²) in [6, 6.07) is 4.94. The SMILES string of the molecule is COc1ccc(Cn2ncn(C)c2=O)cc1B(O)O. The third kappa shape index (κ3) is 2.69. The average Bonchev–Trinajstić information content (AvgIpc) is 2.70. The summed E-state index contributed by atoms with van der Waals surface area (Å²) in [5.74, 6) is 0.382. The van der Waals surface area contributed by atoms with Crippen LogP contribution in [0.2, 0.25) is 0 Å². The third-order valence-corrected chi connectivity index (χ3v) is 2.79. The lowest BCUT2D eigenvalue weighted by Gasteiger charge is -2.09. The van der Waals surface area contributed by atoms with Crippen molar-refractivity contribution in [3.05, 3.63) is 40.6 Å². The molecule has 1 aromatic heterocycles. The summed E-state index contributed by atoms with van der Waals surface area (Å²) in [5, 5.41) is 22.5. The highest BCUT2D eigenvalue weighted by molar-refractivity contribution is 6.59. The smallest absolute Gasteiger partial charge is 0.492 e. The van der Waals surface area contributed by atoms with Crippen LogP contribution in [0.15, 0.2) is 29.3 Å². The molecule has 0 aliphatic carbocycles. The van der Waals surface area contributed by atoms with E-state index in [1.165, 1.54) is 22.7 Å². The molecule has 0 amide bonds. The van der Waals surface area contributed by atoms with Crippen molar-refractivity contribution in [3.63, 3.8) is 0 Å². The highest BCUT2D eigenvalue weighted by Gasteiger charge is 2.17. The summed E-state index contributed by atoms with van der Waals surface area (Å²) < 4.78 is 7.68. The molecule has 7 nitrogen and oxygen atoms in total. The molecule has 1 aromatic carbocycles. The van der Waals surface area contributed by atoms with Crippen molar-refractivity contribution in [2.75, 3.05) is 7.11 Å². The highest BCUT2D eigenvalue weighted by Crippen LogP contribution is 2.10. The number of ether oxygens (including phenoxy) is 1. The van der Waals surface area contributed by atoms with E-state index in [1.807, 2.05) is 0 Å². The fraction of sp³-hybridized carbons (Fsp3) is 0.273. The van der Waals surface area contributed by atoms with Gasteiger partial charge >= 0.3 is 12.8 Å². The van der Waals surface area contributed by atoms with E-state index in [0.717, 1.165) is 5.56 Å². The maximum absolute atomic E-state index is 11.7. The Labute approximate surface area is 109 Å². The van der Waals surface area contributed by atoms with Gasteiger partial charge in [0.25, 0.3) is 0 Å². The number of methoxy groups -OCH3 is 1. The van der Waals surface area contributed by atoms with Crippen LogP contribution in [0.1, 0.15) is 5.56 Å². The van der Waals surface area contributed by atoms with Crippen molar-refractivity contribution in [3.8, 4) is 5.75 Å². The Balaban J connectivity index is 2.34. The largest absolute Gasteiger partial charge is 0.497 e. The van der Waals surface area contributed by atoms with Gasteiger partial charge in [-0.15, -0.1) is 0 Å². The molecule has 0 aliphatic heterocycles. The zero-order chi connectivity index (χ0) is 14.0. The molecule has 100 valence electrons. The monoisotopic (exact) mass is 263 g/mol. The van der Waals surface area contributed by atoms with E-state index in [4.69, 9.17) is 4.74 Å². The van der Waals surface area contributed by atoms with Crippen LogP contribution < -0.4 is 15.9 Å². The van der Waals surface area contributed by atoms with E-state index < -0.39 is 7.12 Å². The van der Waals surface area contributed by atoms with Gasteiger partial charge in [0.2, 0.25) is 0 Å². The molecule has 19 heavy (non-hydrogen) atoms. The summed E-state index contributed by atoms with van der Waals surface area (Å²) in [7, 11) is 1.43. The van der Waals surface area contributed by atoms with Gasteiger partial charge in [0.15, 0.2) is 0 Å². The maximum atomic E-state index is 11.7. The Kier molecular flexibility index (Phi) is 3.73. The zero-order valence-corrected chi connectivity index (χ0v) is 10.6. The molecule has 0 atom stereocenters. The summed E-state index contributed by atoms with van der Waals surface area (Å²) in [4.78, 5) is 11.7. The number of aromatic nitrogens is 3. The molecule has 0 bridgehead atoms. The number of nitrogens with zero attached hydrogens (tertiary/aromatic N) is 3. The molecule has 2 aromatic rings. The van der Waals surface area contributed by atoms with Gasteiger partial charge in [0, 0.05) is 12.5 Å². The molecule has 0 fully saturated rings. The van der Waals surface area contributed by atoms with E-state index in [-0.39, 0.29) is 17.7 Å². The second-order valence-corrected chi connectivity index (χ2v) is 4.13. The lowest BCUT2D eigenvalue weighted by Crippen LogP contribution is -2.32. The van der Waals surface area contributed by atoms with E-state index in [0.29, 0.717) is 5.75 Å². The first kappa shape index (κ1) is 13.4. The van der Waals surface area contributed by atoms with Gasteiger partial charge in [0.1, 0.15) is 12.1 Å². The molecule has 2 N–H and O–H groups in total. The topological polar surface area (TPSA) is 89.5 Å². The summed E-state index contributed by atoms with van der Waals surface area (Å²) in [6.07, 6.45) is 1.42. The number of aryl methyl sites for hydroxylation is 1. The molecule has 1 heterocycles. The predicted molar refractivity (Wildman–Crippen MR) is 69.4 cm³/mol. The van der Waals surface area contributed by atoms with Gasteiger partial charge in [-0.3, -0.25) is 4.57 Å². The average molecular weight is 263 g/mol. The van der Waals surface area contributed by atoms with Gasteiger partial charge in [-0.1, -0.05) is 12.1 Å². The van der Waals surface area contributed by atoms with Crippen molar-refractivity contribution in [1.82, 2.24) is 14.3 Å². The summed E-state index contributed by atoms with van der Waals surface area (Å²) in [6.45, 7) is 0.253. The Morgan fingerprint density at radius 2 is 2.16 bits per heavy atom. The van der Waals surface area contributed by atoms with Crippen molar-refractivity contribution < 1.29 is 14.8 Å². The number of rotatable bonds is 4. The quantitative estimate of drug-likeness (QED) is 0.643. The Hall–Kier alpha value is -2.06. The molecule has 0 spiro atoms. The highest BCUT2D eigenvalue weighted by atomic mass is 16.5. The molecular formula is C11H14BN3O4. The van der Waals surface area contributed by atoms with Gasteiger partial charge < -0.3 is 14.8 Å². The molecule has 2 rings (SSSR count). The van der Waals surface area contributed by atoms with Gasteiger partial charge in [-0.05, 0) is 11.6 Å². The first-order chi connectivity index (χ1) is 9.02. The maximum Gasteiger partial charge on any atom is 0.492 e. The Bertz CT molecular complexity index is 635. The van der Waals surface area contributed by atoms with Gasteiger partial charge in [0.05, 0.1) is 13.7 Å². The standard InChI is InChI=1S/C11H14BN3O4/c1-14-7-13-15(11(14)16)6-8-3-4-10(19-2)9(5-8)12(17)18/h3-5,7,17-18H,6H2,1-2H3. The van der Waals surface area contributed by atoms with Crippen molar-refractivity contribution in [2.45, 2.75) is 6.54 Å². The first-order valence-electron chi connectivity index (χ1n) is 5.64. The lowest BCUT2D eigenvalue weighted by atomic mass is 9.78. The predicted octanol–water partition coefficient (Wildman–Crippen LogP) is -1.68. The second-order valence-electron chi connectivity index (χ2n) is 4.13. The van der Waals surface area contributed by atoms with Crippen molar-refractivity contribution >= 4 is 12.6 Å². The first-order valence-corrected chi connectivity index (χ1v) is 5.64. The second kappa shape index (κ2) is 5.29. The fourth-order valence-electron chi connectivity index (χ4n) is 1.79. The van der Waals surface area contributed by atoms with E-state index in [1.54, 1.807) is 25.2 Å². The van der Waals surface area contributed by atoms with Crippen LogP contribution in [0.4, 0.5) is 0 Å². The van der Waals surface area contributed by atoms with Crippen LogP contribution in [0.5, 0.6) is 5.75 Å². The van der Waals surface area contributed by atoms with Crippen LogP contribution >= 0.6 is 0 Å². The molecule has 0 saturated heterocycles. The normalized spacial score (nSPS) is 10.5. The van der Waals surface area contributed by atoms with Crippen LogP contribution in [0.25, 0.3) is 0 Å². The molecule has 0 saturated carbocycles. The van der Waals surface area contributed by atoms with Crippen molar-refractivity contribution in [1.29, 1.82) is 0 Å². The van der Waals surface area contributed by atoms with E-state index in [9.17, 15) is 14.8 Å². The molecule has 0 radical (unpaired) electrons. The Morgan fingerprint density at radius 3 is 2.68 bits per heavy atom. The minimum Gasteiger partial charge on any atom is -0.497 e. The number of benzene rings is 1. The fourth-order valence-corrected chi connectivity index (χ4v) is 1.79. The van der Waals surface area contributed by atoms with Crippen LogP contribution in [0, 0.1) is 0 Å². The van der Waals surface area contributed by atoms with Gasteiger partial charge in [-0.2, -0.15) is 5.10 Å². The summed E-state index contributed by atoms with van der Waals surface area (Å²) in [5.41, 5.74) is 0.746. The van der Waals surface area contributed by atoms with Crippen LogP contribution in [0.3, 0.4) is 0 Å². The summed E-state index contributed by atoms with van der Waals surface area (Å²) >= 11 is 0. The van der Waals surface area contributed by atoms with E-state index in [2.05, 4.69) is 5.10 Å². The van der Waals surface area contributed by atoms with Crippen LogP contribution in [-0.2, 0) is 13.6 Å². The lowest BCUT2D eigenvalue weighted by molar-refractivity contribution is 0.403. The molecular weight excluding hydrogens is 249 g/mol. The number of hydrogen-bond acceptors (Lipinski definition) is 5. The Morgan fingerprint density at radius 1 is 1.42 bits per heavy atom. The van der Waals surface area contributed by atoms with Crippen LogP contribution in [-0.4, -0.2) is 38.6 Å². The van der Waals surface area contributed by atoms with Gasteiger partial charge in [-0.25, -0.2) is 9.48 Å². The molecule has 0 aliphatic rings. The number of hydrogen-bond donors (Lipinski definition) is 2. The molecule has 8 heteroatoms. The minimum absolute atomic E-state index is 0.234. The van der Waals surface area contributed by atoms with E-state index >= 15 is 0 Å². The zero-order valence-electron chi connectivity index (χ0n) is 10.6. The van der Waals surface area contributed by atoms with Crippen molar-refractivity contribution in [2.24, 2.45) is 7.05 Å².